The van der Waals surface area contributed by atoms with Crippen molar-refractivity contribution < 1.29 is 4.74 Å². The van der Waals surface area contributed by atoms with Gasteiger partial charge in [-0.1, -0.05) is 0 Å². The van der Waals surface area contributed by atoms with Crippen molar-refractivity contribution in [3.63, 3.8) is 0 Å². The Labute approximate surface area is 61.3 Å². The first-order valence-corrected chi connectivity index (χ1v) is 3.66. The molecule has 1 heterocycles. The molecule has 0 aliphatic carbocycles. The number of nitrogens with two attached hydrogens (primary N) is 1. The van der Waals surface area contributed by atoms with Crippen molar-refractivity contribution in [2.75, 3.05) is 13.2 Å². The molecule has 0 bridgehead atoms. The topological polar surface area (TPSA) is 47.6 Å². The summed E-state index contributed by atoms with van der Waals surface area (Å²) in [5.41, 5.74) is 5.43. The molecule has 0 aromatic heterocycles. The van der Waals surface area contributed by atoms with Crippen LogP contribution < -0.4 is 5.73 Å². The smallest absolute Gasteiger partial charge is 0.0909 e. The highest BCUT2D eigenvalue weighted by atomic mass is 16.5. The highest BCUT2D eigenvalue weighted by molar-refractivity contribution is 5.77. The highest BCUT2D eigenvalue weighted by Crippen LogP contribution is 2.09. The van der Waals surface area contributed by atoms with Gasteiger partial charge in [0.05, 0.1) is 11.9 Å². The third-order valence-electron chi connectivity index (χ3n) is 1.58. The van der Waals surface area contributed by atoms with Crippen LogP contribution in [0.1, 0.15) is 19.8 Å². The lowest BCUT2D eigenvalue weighted by atomic mass is 10.1. The van der Waals surface area contributed by atoms with Gasteiger partial charge in [-0.2, -0.15) is 0 Å². The van der Waals surface area contributed by atoms with E-state index in [9.17, 15) is 0 Å². The Balaban J connectivity index is 2.33. The molecule has 0 unspecified atom stereocenters. The average molecular weight is 142 g/mol. The monoisotopic (exact) mass is 142 g/mol. The summed E-state index contributed by atoms with van der Waals surface area (Å²) in [6, 6.07) is 0.416. The molecular formula is C7H14N2O. The first-order valence-electron chi connectivity index (χ1n) is 3.66. The van der Waals surface area contributed by atoms with Crippen LogP contribution in [-0.4, -0.2) is 25.1 Å². The molecule has 1 fully saturated rings. The van der Waals surface area contributed by atoms with Crippen molar-refractivity contribution >= 4 is 5.84 Å². The van der Waals surface area contributed by atoms with Crippen LogP contribution in [0.15, 0.2) is 4.99 Å². The second kappa shape index (κ2) is 3.56. The molecule has 0 saturated carbocycles. The molecule has 10 heavy (non-hydrogen) atoms. The molecule has 0 aromatic rings. The lowest BCUT2D eigenvalue weighted by Gasteiger charge is -2.18. The first kappa shape index (κ1) is 7.54. The summed E-state index contributed by atoms with van der Waals surface area (Å²) in [6.45, 7) is 3.50. The van der Waals surface area contributed by atoms with E-state index >= 15 is 0 Å². The zero-order chi connectivity index (χ0) is 7.40. The van der Waals surface area contributed by atoms with E-state index in [4.69, 9.17) is 10.5 Å². The number of hydrogen-bond acceptors (Lipinski definition) is 2. The number of nitrogens with zero attached hydrogens (tertiary/aromatic N) is 1. The maximum absolute atomic E-state index is 5.43. The number of amidine groups is 1. The standard InChI is InChI=1S/C7H14N2O/c1-6(8)9-7-2-4-10-5-3-7/h7H,2-5H2,1H3,(H2,8,9). The third kappa shape index (κ3) is 2.35. The second-order valence-corrected chi connectivity index (χ2v) is 2.61. The summed E-state index contributed by atoms with van der Waals surface area (Å²) in [4.78, 5) is 4.25. The Morgan fingerprint density at radius 2 is 2.10 bits per heavy atom. The zero-order valence-corrected chi connectivity index (χ0v) is 6.34. The molecule has 0 radical (unpaired) electrons. The number of rotatable bonds is 1. The molecule has 0 atom stereocenters. The minimum absolute atomic E-state index is 0.416. The van der Waals surface area contributed by atoms with Crippen LogP contribution in [0.2, 0.25) is 0 Å². The van der Waals surface area contributed by atoms with Gasteiger partial charge in [0.25, 0.3) is 0 Å². The van der Waals surface area contributed by atoms with Crippen LogP contribution in [0.25, 0.3) is 0 Å². The molecule has 3 nitrogen and oxygen atoms in total. The van der Waals surface area contributed by atoms with E-state index in [2.05, 4.69) is 4.99 Å². The van der Waals surface area contributed by atoms with Crippen LogP contribution >= 0.6 is 0 Å². The Kier molecular flexibility index (Phi) is 2.68. The molecule has 3 heteroatoms. The minimum Gasteiger partial charge on any atom is -0.388 e. The van der Waals surface area contributed by atoms with E-state index < -0.39 is 0 Å². The fourth-order valence-electron chi connectivity index (χ4n) is 1.10. The van der Waals surface area contributed by atoms with Crippen molar-refractivity contribution in [1.29, 1.82) is 0 Å². The maximum Gasteiger partial charge on any atom is 0.0909 e. The fraction of sp³-hybridized carbons (Fsp3) is 0.857. The summed E-state index contributed by atoms with van der Waals surface area (Å²) in [7, 11) is 0. The predicted molar refractivity (Wildman–Crippen MR) is 41.1 cm³/mol. The van der Waals surface area contributed by atoms with Crippen molar-refractivity contribution in [2.24, 2.45) is 10.7 Å². The van der Waals surface area contributed by atoms with Crippen LogP contribution in [0.5, 0.6) is 0 Å². The van der Waals surface area contributed by atoms with Gasteiger partial charge < -0.3 is 10.5 Å². The first-order chi connectivity index (χ1) is 4.79. The van der Waals surface area contributed by atoms with Crippen LogP contribution in [-0.2, 0) is 4.74 Å². The van der Waals surface area contributed by atoms with Crippen molar-refractivity contribution in [3.8, 4) is 0 Å². The summed E-state index contributed by atoms with van der Waals surface area (Å²) in [5.74, 6) is 0.687. The predicted octanol–water partition coefficient (Wildman–Crippen LogP) is 0.542. The van der Waals surface area contributed by atoms with Crippen molar-refractivity contribution in [1.82, 2.24) is 0 Å². The SMILES string of the molecule is CC(N)=NC1CCOCC1. The Bertz CT molecular complexity index is 124. The molecule has 0 aromatic carbocycles. The average Bonchev–Trinajstić information content (AvgIpc) is 1.88. The van der Waals surface area contributed by atoms with Gasteiger partial charge in [-0.3, -0.25) is 4.99 Å². The van der Waals surface area contributed by atoms with Crippen LogP contribution in [0.3, 0.4) is 0 Å². The van der Waals surface area contributed by atoms with Crippen molar-refractivity contribution in [2.45, 2.75) is 25.8 Å². The summed E-state index contributed by atoms with van der Waals surface area (Å²) in [6.07, 6.45) is 2.04. The second-order valence-electron chi connectivity index (χ2n) is 2.61. The van der Waals surface area contributed by atoms with Crippen LogP contribution in [0.4, 0.5) is 0 Å². The molecular weight excluding hydrogens is 128 g/mol. The number of hydrogen-bond donors (Lipinski definition) is 1. The number of ether oxygens (including phenoxy) is 1. The van der Waals surface area contributed by atoms with Gasteiger partial charge in [0.1, 0.15) is 0 Å². The quantitative estimate of drug-likeness (QED) is 0.429. The maximum atomic E-state index is 5.43. The van der Waals surface area contributed by atoms with Gasteiger partial charge in [-0.15, -0.1) is 0 Å². The van der Waals surface area contributed by atoms with Gasteiger partial charge in [-0.05, 0) is 19.8 Å². The Morgan fingerprint density at radius 1 is 1.50 bits per heavy atom. The van der Waals surface area contributed by atoms with E-state index in [0.717, 1.165) is 26.1 Å². The molecule has 1 aliphatic heterocycles. The largest absolute Gasteiger partial charge is 0.388 e. The zero-order valence-electron chi connectivity index (χ0n) is 6.34. The van der Waals surface area contributed by atoms with E-state index in [1.165, 1.54) is 0 Å². The van der Waals surface area contributed by atoms with Gasteiger partial charge in [0.2, 0.25) is 0 Å². The third-order valence-corrected chi connectivity index (χ3v) is 1.58. The van der Waals surface area contributed by atoms with Crippen LogP contribution in [0, 0.1) is 0 Å². The molecule has 58 valence electrons. The normalized spacial score (nSPS) is 23.1. The summed E-state index contributed by atoms with van der Waals surface area (Å²) in [5, 5.41) is 0. The Morgan fingerprint density at radius 3 is 2.60 bits per heavy atom. The molecule has 1 aliphatic rings. The molecule has 0 spiro atoms. The minimum atomic E-state index is 0.416. The molecule has 1 saturated heterocycles. The molecule has 0 amide bonds. The Hall–Kier alpha value is -0.570. The number of aliphatic imine (C=N–C) groups is 1. The van der Waals surface area contributed by atoms with Gasteiger partial charge in [0, 0.05) is 13.2 Å². The van der Waals surface area contributed by atoms with Gasteiger partial charge >= 0.3 is 0 Å². The molecule has 1 rings (SSSR count). The molecule has 2 N–H and O–H groups in total. The van der Waals surface area contributed by atoms with Gasteiger partial charge in [0.15, 0.2) is 0 Å². The van der Waals surface area contributed by atoms with E-state index in [1.54, 1.807) is 0 Å². The van der Waals surface area contributed by atoms with Gasteiger partial charge in [-0.25, -0.2) is 0 Å². The van der Waals surface area contributed by atoms with E-state index in [0.29, 0.717) is 11.9 Å². The lowest BCUT2D eigenvalue weighted by Crippen LogP contribution is -2.21. The lowest BCUT2D eigenvalue weighted by molar-refractivity contribution is 0.0871. The summed E-state index contributed by atoms with van der Waals surface area (Å²) < 4.78 is 5.17. The fourth-order valence-corrected chi connectivity index (χ4v) is 1.10. The summed E-state index contributed by atoms with van der Waals surface area (Å²) >= 11 is 0. The van der Waals surface area contributed by atoms with Crippen molar-refractivity contribution in [3.05, 3.63) is 0 Å². The van der Waals surface area contributed by atoms with E-state index in [1.807, 2.05) is 6.92 Å². The highest BCUT2D eigenvalue weighted by Gasteiger charge is 2.11. The van der Waals surface area contributed by atoms with E-state index in [-0.39, 0.29) is 0 Å².